The highest BCUT2D eigenvalue weighted by Crippen LogP contribution is 2.35. The van der Waals surface area contributed by atoms with Crippen molar-refractivity contribution in [3.8, 4) is 5.75 Å². The van der Waals surface area contributed by atoms with Crippen molar-refractivity contribution in [2.75, 3.05) is 6.61 Å². The van der Waals surface area contributed by atoms with Crippen LogP contribution < -0.4 is 10.1 Å². The third-order valence-corrected chi connectivity index (χ3v) is 5.56. The van der Waals surface area contributed by atoms with Crippen LogP contribution in [-0.4, -0.2) is 12.6 Å². The van der Waals surface area contributed by atoms with Gasteiger partial charge in [-0.05, 0) is 50.7 Å². The second kappa shape index (κ2) is 7.15. The van der Waals surface area contributed by atoms with Crippen molar-refractivity contribution in [1.82, 2.24) is 5.32 Å². The van der Waals surface area contributed by atoms with E-state index in [0.29, 0.717) is 12.1 Å². The van der Waals surface area contributed by atoms with Crippen LogP contribution in [0.2, 0.25) is 0 Å². The Balaban J connectivity index is 1.72. The van der Waals surface area contributed by atoms with Crippen molar-refractivity contribution in [3.63, 3.8) is 0 Å². The number of hydrogen-bond acceptors (Lipinski definition) is 2. The molecule has 1 aliphatic heterocycles. The van der Waals surface area contributed by atoms with E-state index < -0.39 is 0 Å². The Labute approximate surface area is 136 Å². The summed E-state index contributed by atoms with van der Waals surface area (Å²) in [5.41, 5.74) is 1.33. The van der Waals surface area contributed by atoms with E-state index >= 15 is 0 Å². The van der Waals surface area contributed by atoms with E-state index in [4.69, 9.17) is 4.74 Å². The zero-order chi connectivity index (χ0) is 14.7. The van der Waals surface area contributed by atoms with Crippen molar-refractivity contribution in [1.29, 1.82) is 0 Å². The topological polar surface area (TPSA) is 21.3 Å². The Hall–Kier alpha value is -0.540. The zero-order valence-corrected chi connectivity index (χ0v) is 14.5. The van der Waals surface area contributed by atoms with Crippen molar-refractivity contribution in [2.45, 2.75) is 64.0 Å². The van der Waals surface area contributed by atoms with Crippen LogP contribution in [0.4, 0.5) is 0 Å². The van der Waals surface area contributed by atoms with Gasteiger partial charge in [-0.1, -0.05) is 41.3 Å². The van der Waals surface area contributed by atoms with Crippen molar-refractivity contribution in [3.05, 3.63) is 28.2 Å². The quantitative estimate of drug-likeness (QED) is 0.805. The number of fused-ring (bicyclic) bond motifs is 1. The first-order valence-electron chi connectivity index (χ1n) is 8.42. The molecule has 1 fully saturated rings. The number of ether oxygens (including phenoxy) is 1. The van der Waals surface area contributed by atoms with Crippen molar-refractivity contribution in [2.24, 2.45) is 5.92 Å². The second-order valence-electron chi connectivity index (χ2n) is 6.58. The van der Waals surface area contributed by atoms with Crippen LogP contribution in [0.3, 0.4) is 0 Å². The maximum absolute atomic E-state index is 5.92. The minimum absolute atomic E-state index is 0.438. The number of rotatable bonds is 3. The molecule has 116 valence electrons. The minimum Gasteiger partial charge on any atom is -0.493 e. The lowest BCUT2D eigenvalue weighted by atomic mass is 9.84. The van der Waals surface area contributed by atoms with Gasteiger partial charge in [0.25, 0.3) is 0 Å². The van der Waals surface area contributed by atoms with Crippen molar-refractivity contribution >= 4 is 15.9 Å². The number of nitrogens with one attached hydrogen (secondary N) is 1. The Morgan fingerprint density at radius 2 is 1.95 bits per heavy atom. The van der Waals surface area contributed by atoms with Gasteiger partial charge in [0.1, 0.15) is 5.75 Å². The molecule has 3 heteroatoms. The molecule has 0 amide bonds. The summed E-state index contributed by atoms with van der Waals surface area (Å²) >= 11 is 3.55. The van der Waals surface area contributed by atoms with E-state index in [1.54, 1.807) is 0 Å². The van der Waals surface area contributed by atoms with Crippen LogP contribution >= 0.6 is 15.9 Å². The fourth-order valence-electron chi connectivity index (χ4n) is 3.81. The lowest BCUT2D eigenvalue weighted by molar-refractivity contribution is 0.259. The maximum atomic E-state index is 5.92. The molecule has 1 aliphatic carbocycles. The maximum Gasteiger partial charge on any atom is 0.125 e. The van der Waals surface area contributed by atoms with Gasteiger partial charge in [-0.15, -0.1) is 0 Å². The van der Waals surface area contributed by atoms with Gasteiger partial charge in [0.05, 0.1) is 6.61 Å². The van der Waals surface area contributed by atoms with Gasteiger partial charge in [0, 0.05) is 22.1 Å². The molecule has 2 nitrogen and oxygen atoms in total. The van der Waals surface area contributed by atoms with E-state index in [2.05, 4.69) is 46.4 Å². The Bertz CT molecular complexity index is 470. The summed E-state index contributed by atoms with van der Waals surface area (Å²) in [4.78, 5) is 0. The standard InChI is InChI=1S/C18H26BrNO/c1-13(14-6-3-2-4-7-14)20-17-8-5-11-21-18-12-15(19)9-10-16(17)18/h9-10,12-14,17,20H,2-8,11H2,1H3/t13-,17?/m1/s1. The van der Waals surface area contributed by atoms with Crippen LogP contribution in [0.15, 0.2) is 22.7 Å². The molecule has 1 heterocycles. The lowest BCUT2D eigenvalue weighted by Gasteiger charge is -2.32. The summed E-state index contributed by atoms with van der Waals surface area (Å²) < 4.78 is 7.02. The third-order valence-electron chi connectivity index (χ3n) is 5.07. The SMILES string of the molecule is C[C@@H](NC1CCCOc2cc(Br)ccc21)C1CCCCC1. The van der Waals surface area contributed by atoms with Crippen LogP contribution in [0, 0.1) is 5.92 Å². The fraction of sp³-hybridized carbons (Fsp3) is 0.667. The average Bonchev–Trinajstić information content (AvgIpc) is 2.70. The number of halogens is 1. The van der Waals surface area contributed by atoms with Crippen LogP contribution in [0.1, 0.15) is 63.5 Å². The molecular weight excluding hydrogens is 326 g/mol. The van der Waals surface area contributed by atoms with Gasteiger partial charge in [-0.3, -0.25) is 0 Å². The van der Waals surface area contributed by atoms with E-state index in [-0.39, 0.29) is 0 Å². The van der Waals surface area contributed by atoms with E-state index in [1.165, 1.54) is 44.1 Å². The molecule has 2 atom stereocenters. The Morgan fingerprint density at radius 3 is 2.76 bits per heavy atom. The largest absolute Gasteiger partial charge is 0.493 e. The first-order chi connectivity index (χ1) is 10.2. The third kappa shape index (κ3) is 3.81. The number of hydrogen-bond donors (Lipinski definition) is 1. The smallest absolute Gasteiger partial charge is 0.125 e. The minimum atomic E-state index is 0.438. The summed E-state index contributed by atoms with van der Waals surface area (Å²) in [6.07, 6.45) is 9.33. The highest BCUT2D eigenvalue weighted by molar-refractivity contribution is 9.10. The molecule has 2 aliphatic rings. The van der Waals surface area contributed by atoms with Gasteiger partial charge < -0.3 is 10.1 Å². The monoisotopic (exact) mass is 351 g/mol. The lowest BCUT2D eigenvalue weighted by Crippen LogP contribution is -2.37. The predicted molar refractivity (Wildman–Crippen MR) is 90.8 cm³/mol. The average molecular weight is 352 g/mol. The molecule has 3 rings (SSSR count). The second-order valence-corrected chi connectivity index (χ2v) is 7.49. The van der Waals surface area contributed by atoms with E-state index in [9.17, 15) is 0 Å². The molecule has 0 aromatic heterocycles. The van der Waals surface area contributed by atoms with Gasteiger partial charge in [-0.25, -0.2) is 0 Å². The van der Waals surface area contributed by atoms with Crippen LogP contribution in [0.25, 0.3) is 0 Å². The van der Waals surface area contributed by atoms with E-state index in [1.807, 2.05) is 0 Å². The molecule has 1 N–H and O–H groups in total. The molecule has 1 aromatic carbocycles. The highest BCUT2D eigenvalue weighted by atomic mass is 79.9. The zero-order valence-electron chi connectivity index (χ0n) is 12.9. The first-order valence-corrected chi connectivity index (χ1v) is 9.21. The number of benzene rings is 1. The molecule has 0 radical (unpaired) electrons. The van der Waals surface area contributed by atoms with E-state index in [0.717, 1.165) is 29.2 Å². The molecule has 1 aromatic rings. The Kier molecular flexibility index (Phi) is 5.23. The normalized spacial score (nSPS) is 24.8. The summed E-state index contributed by atoms with van der Waals surface area (Å²) in [6.45, 7) is 3.21. The highest BCUT2D eigenvalue weighted by Gasteiger charge is 2.25. The molecule has 1 unspecified atom stereocenters. The Morgan fingerprint density at radius 1 is 1.14 bits per heavy atom. The summed E-state index contributed by atoms with van der Waals surface area (Å²) in [5.74, 6) is 1.90. The summed E-state index contributed by atoms with van der Waals surface area (Å²) in [5, 5.41) is 3.91. The summed E-state index contributed by atoms with van der Waals surface area (Å²) in [7, 11) is 0. The molecule has 1 saturated carbocycles. The van der Waals surface area contributed by atoms with Gasteiger partial charge in [-0.2, -0.15) is 0 Å². The fourth-order valence-corrected chi connectivity index (χ4v) is 4.15. The molecule has 21 heavy (non-hydrogen) atoms. The van der Waals surface area contributed by atoms with Gasteiger partial charge in [0.15, 0.2) is 0 Å². The molecule has 0 spiro atoms. The molecular formula is C18H26BrNO. The van der Waals surface area contributed by atoms with Crippen LogP contribution in [-0.2, 0) is 0 Å². The predicted octanol–water partition coefficient (Wildman–Crippen LogP) is 5.22. The molecule has 0 saturated heterocycles. The summed E-state index contributed by atoms with van der Waals surface area (Å²) in [6, 6.07) is 7.50. The first kappa shape index (κ1) is 15.4. The molecule has 0 bridgehead atoms. The van der Waals surface area contributed by atoms with Gasteiger partial charge >= 0.3 is 0 Å². The van der Waals surface area contributed by atoms with Gasteiger partial charge in [0.2, 0.25) is 0 Å². The van der Waals surface area contributed by atoms with Crippen molar-refractivity contribution < 1.29 is 4.74 Å². The van der Waals surface area contributed by atoms with Crippen LogP contribution in [0.5, 0.6) is 5.75 Å².